The van der Waals surface area contributed by atoms with Crippen LogP contribution < -0.4 is 5.73 Å². The maximum absolute atomic E-state index is 5.55. The molecule has 0 unspecified atom stereocenters. The first kappa shape index (κ1) is 5.77. The molecule has 0 radical (unpaired) electrons. The van der Waals surface area contributed by atoms with Crippen LogP contribution >= 0.6 is 0 Å². The molecule has 1 aromatic rings. The molecule has 0 atom stereocenters. The number of nitrogens with two attached hydrogens (primary N) is 1. The second-order valence-corrected chi connectivity index (χ2v) is 2.82. The number of rotatable bonds is 1. The summed E-state index contributed by atoms with van der Waals surface area (Å²) in [7, 11) is 0. The third-order valence-corrected chi connectivity index (χ3v) is 1.92. The molecule has 3 heteroatoms. The zero-order valence-corrected chi connectivity index (χ0v) is 5.92. The molecule has 1 aliphatic carbocycles. The summed E-state index contributed by atoms with van der Waals surface area (Å²) < 4.78 is 4.82. The largest absolute Gasteiger partial charge is 0.367 e. The van der Waals surface area contributed by atoms with Crippen molar-refractivity contribution in [3.05, 3.63) is 11.3 Å². The minimum Gasteiger partial charge on any atom is -0.367 e. The van der Waals surface area contributed by atoms with Gasteiger partial charge in [-0.25, -0.2) is 0 Å². The van der Waals surface area contributed by atoms with Gasteiger partial charge in [0.15, 0.2) is 0 Å². The normalized spacial score (nSPS) is 17.7. The Balaban J connectivity index is 2.44. The molecule has 0 aliphatic heterocycles. The predicted octanol–water partition coefficient (Wildman–Crippen LogP) is 1.44. The van der Waals surface area contributed by atoms with Crippen molar-refractivity contribution in [2.24, 2.45) is 0 Å². The van der Waals surface area contributed by atoms with Crippen LogP contribution in [-0.2, 0) is 0 Å². The Hall–Kier alpha value is -0.990. The van der Waals surface area contributed by atoms with Gasteiger partial charge in [-0.2, -0.15) is 0 Å². The van der Waals surface area contributed by atoms with E-state index in [2.05, 4.69) is 5.16 Å². The zero-order chi connectivity index (χ0) is 7.14. The number of anilines is 1. The van der Waals surface area contributed by atoms with Gasteiger partial charge in [0.25, 0.3) is 0 Å². The Kier molecular flexibility index (Phi) is 1.01. The van der Waals surface area contributed by atoms with Crippen molar-refractivity contribution in [3.63, 3.8) is 0 Å². The average Bonchev–Trinajstić information content (AvgIpc) is 2.64. The van der Waals surface area contributed by atoms with Crippen molar-refractivity contribution < 1.29 is 4.52 Å². The second-order valence-electron chi connectivity index (χ2n) is 2.82. The molecular formula is C7H10N2O. The fourth-order valence-electron chi connectivity index (χ4n) is 1.26. The lowest BCUT2D eigenvalue weighted by molar-refractivity contribution is 0.431. The van der Waals surface area contributed by atoms with Crippen LogP contribution in [-0.4, -0.2) is 5.16 Å². The molecule has 2 N–H and O–H groups in total. The van der Waals surface area contributed by atoms with Crippen LogP contribution in [0, 0.1) is 6.92 Å². The highest BCUT2D eigenvalue weighted by molar-refractivity contribution is 5.43. The minimum absolute atomic E-state index is 0.514. The maximum atomic E-state index is 5.55. The van der Waals surface area contributed by atoms with E-state index in [0.29, 0.717) is 11.8 Å². The van der Waals surface area contributed by atoms with Crippen LogP contribution in [0.2, 0.25) is 0 Å². The maximum Gasteiger partial charge on any atom is 0.225 e. The molecule has 0 aromatic carbocycles. The van der Waals surface area contributed by atoms with Gasteiger partial charge in [-0.05, 0) is 25.7 Å². The topological polar surface area (TPSA) is 52.0 Å². The Labute approximate surface area is 59.2 Å². The smallest absolute Gasteiger partial charge is 0.225 e. The number of nitrogens with zero attached hydrogens (tertiary/aromatic N) is 1. The number of nitrogen functional groups attached to an aromatic ring is 1. The van der Waals surface area contributed by atoms with E-state index in [1.807, 2.05) is 6.92 Å². The molecule has 1 saturated carbocycles. The van der Waals surface area contributed by atoms with Crippen LogP contribution in [0.3, 0.4) is 0 Å². The van der Waals surface area contributed by atoms with Crippen LogP contribution in [0.4, 0.5) is 5.88 Å². The van der Waals surface area contributed by atoms with E-state index in [1.165, 1.54) is 12.8 Å². The number of hydrogen-bond donors (Lipinski definition) is 1. The summed E-state index contributed by atoms with van der Waals surface area (Å²) in [6, 6.07) is 0. The van der Waals surface area contributed by atoms with Crippen molar-refractivity contribution in [2.75, 3.05) is 5.73 Å². The summed E-state index contributed by atoms with van der Waals surface area (Å²) in [4.78, 5) is 0. The van der Waals surface area contributed by atoms with Gasteiger partial charge in [-0.3, -0.25) is 0 Å². The van der Waals surface area contributed by atoms with E-state index < -0.39 is 0 Å². The molecule has 1 heterocycles. The molecule has 54 valence electrons. The molecule has 10 heavy (non-hydrogen) atoms. The molecule has 0 amide bonds. The van der Waals surface area contributed by atoms with E-state index in [1.54, 1.807) is 0 Å². The molecule has 0 bridgehead atoms. The van der Waals surface area contributed by atoms with Gasteiger partial charge in [-0.1, -0.05) is 5.16 Å². The predicted molar refractivity (Wildman–Crippen MR) is 37.6 cm³/mol. The van der Waals surface area contributed by atoms with Crippen LogP contribution in [0.15, 0.2) is 4.52 Å². The lowest BCUT2D eigenvalue weighted by Gasteiger charge is -1.90. The molecular weight excluding hydrogens is 128 g/mol. The van der Waals surface area contributed by atoms with Gasteiger partial charge < -0.3 is 10.3 Å². The second kappa shape index (κ2) is 1.75. The van der Waals surface area contributed by atoms with Crippen LogP contribution in [0.1, 0.15) is 30.0 Å². The van der Waals surface area contributed by atoms with Crippen LogP contribution in [0.5, 0.6) is 0 Å². The summed E-state index contributed by atoms with van der Waals surface area (Å²) in [6.45, 7) is 1.94. The van der Waals surface area contributed by atoms with E-state index in [0.717, 1.165) is 11.3 Å². The molecule has 2 rings (SSSR count). The van der Waals surface area contributed by atoms with Crippen molar-refractivity contribution in [3.8, 4) is 0 Å². The highest BCUT2D eigenvalue weighted by atomic mass is 16.5. The highest BCUT2D eigenvalue weighted by Gasteiger charge is 2.29. The van der Waals surface area contributed by atoms with Crippen molar-refractivity contribution in [1.82, 2.24) is 5.16 Å². The standard InChI is InChI=1S/C7H10N2O/c1-4-6(5-2-3-5)7(8)10-9-4/h5H,2-3,8H2,1H3. The lowest BCUT2D eigenvalue weighted by atomic mass is 10.1. The first-order chi connectivity index (χ1) is 4.79. The van der Waals surface area contributed by atoms with E-state index in [9.17, 15) is 0 Å². The molecule has 3 nitrogen and oxygen atoms in total. The molecule has 0 saturated heterocycles. The molecule has 0 spiro atoms. The van der Waals surface area contributed by atoms with E-state index >= 15 is 0 Å². The SMILES string of the molecule is Cc1noc(N)c1C1CC1. The average molecular weight is 138 g/mol. The van der Waals surface area contributed by atoms with Crippen LogP contribution in [0.25, 0.3) is 0 Å². The van der Waals surface area contributed by atoms with Gasteiger partial charge in [0.1, 0.15) is 0 Å². The fraction of sp³-hybridized carbons (Fsp3) is 0.571. The van der Waals surface area contributed by atoms with Crippen molar-refractivity contribution in [2.45, 2.75) is 25.7 Å². The van der Waals surface area contributed by atoms with Gasteiger partial charge in [0.05, 0.1) is 5.69 Å². The van der Waals surface area contributed by atoms with Gasteiger partial charge in [0.2, 0.25) is 5.88 Å². The third kappa shape index (κ3) is 0.701. The summed E-state index contributed by atoms with van der Waals surface area (Å²) in [5.74, 6) is 1.16. The fourth-order valence-corrected chi connectivity index (χ4v) is 1.26. The van der Waals surface area contributed by atoms with E-state index in [-0.39, 0.29) is 0 Å². The summed E-state index contributed by atoms with van der Waals surface area (Å²) in [5, 5.41) is 3.78. The number of aryl methyl sites for hydroxylation is 1. The highest BCUT2D eigenvalue weighted by Crippen LogP contribution is 2.43. The Morgan fingerprint density at radius 2 is 2.30 bits per heavy atom. The molecule has 1 aromatic heterocycles. The first-order valence-electron chi connectivity index (χ1n) is 3.50. The zero-order valence-electron chi connectivity index (χ0n) is 5.92. The first-order valence-corrected chi connectivity index (χ1v) is 3.50. The molecule has 1 aliphatic rings. The Bertz CT molecular complexity index is 231. The Morgan fingerprint density at radius 1 is 1.60 bits per heavy atom. The minimum atomic E-state index is 0.514. The van der Waals surface area contributed by atoms with Gasteiger partial charge in [0, 0.05) is 5.56 Å². The summed E-state index contributed by atoms with van der Waals surface area (Å²) in [5.41, 5.74) is 7.65. The Morgan fingerprint density at radius 3 is 2.70 bits per heavy atom. The van der Waals surface area contributed by atoms with Gasteiger partial charge >= 0.3 is 0 Å². The van der Waals surface area contributed by atoms with Crippen molar-refractivity contribution >= 4 is 5.88 Å². The monoisotopic (exact) mass is 138 g/mol. The van der Waals surface area contributed by atoms with Gasteiger partial charge in [-0.15, -0.1) is 0 Å². The lowest BCUT2D eigenvalue weighted by Crippen LogP contribution is -1.88. The summed E-state index contributed by atoms with van der Waals surface area (Å²) >= 11 is 0. The third-order valence-electron chi connectivity index (χ3n) is 1.92. The quantitative estimate of drug-likeness (QED) is 0.638. The number of hydrogen-bond acceptors (Lipinski definition) is 3. The van der Waals surface area contributed by atoms with E-state index in [4.69, 9.17) is 10.3 Å². The summed E-state index contributed by atoms with van der Waals surface area (Å²) in [6.07, 6.45) is 2.48. The number of aromatic nitrogens is 1. The molecule has 1 fully saturated rings. The van der Waals surface area contributed by atoms with Crippen molar-refractivity contribution in [1.29, 1.82) is 0 Å².